The van der Waals surface area contributed by atoms with E-state index >= 15 is 0 Å². The van der Waals surface area contributed by atoms with Gasteiger partial charge in [-0.25, -0.2) is 4.79 Å². The number of aromatic nitrogens is 1. The maximum atomic E-state index is 13.2. The first-order valence-corrected chi connectivity index (χ1v) is 6.55. The van der Waals surface area contributed by atoms with Crippen LogP contribution in [0.25, 0.3) is 11.1 Å². The van der Waals surface area contributed by atoms with Gasteiger partial charge < -0.3 is 14.1 Å². The minimum Gasteiger partial charge on any atom is -0.462 e. The van der Waals surface area contributed by atoms with Crippen molar-refractivity contribution in [2.24, 2.45) is 0 Å². The number of hydrogen-bond acceptors (Lipinski definition) is 4. The summed E-state index contributed by atoms with van der Waals surface area (Å²) in [6.07, 6.45) is -4.76. The second-order valence-electron chi connectivity index (χ2n) is 3.72. The molecule has 0 amide bonds. The molecule has 20 heavy (non-hydrogen) atoms. The van der Waals surface area contributed by atoms with Crippen molar-refractivity contribution in [1.29, 1.82) is 0 Å². The van der Waals surface area contributed by atoms with Gasteiger partial charge in [0.25, 0.3) is 4.84 Å². The number of halogens is 4. The quantitative estimate of drug-likeness (QED) is 0.627. The van der Waals surface area contributed by atoms with E-state index in [1.807, 2.05) is 0 Å². The Kier molecular flexibility index (Phi) is 3.92. The lowest BCUT2D eigenvalue weighted by Crippen LogP contribution is -2.16. The van der Waals surface area contributed by atoms with Crippen LogP contribution < -0.4 is 0 Å². The van der Waals surface area contributed by atoms with Crippen LogP contribution in [-0.2, 0) is 10.9 Å². The SMILES string of the molecule is CCOC(=O)c1cc(Br)c2oc(=S)[nH]c2c1C(F)(F)F. The van der Waals surface area contributed by atoms with Crippen molar-refractivity contribution in [2.45, 2.75) is 13.1 Å². The zero-order valence-electron chi connectivity index (χ0n) is 9.93. The van der Waals surface area contributed by atoms with Crippen LogP contribution in [0.1, 0.15) is 22.8 Å². The molecule has 0 radical (unpaired) electrons. The maximum absolute atomic E-state index is 13.2. The second kappa shape index (κ2) is 5.21. The van der Waals surface area contributed by atoms with Gasteiger partial charge in [0, 0.05) is 0 Å². The highest BCUT2D eigenvalue weighted by Gasteiger charge is 2.39. The molecule has 1 heterocycles. The van der Waals surface area contributed by atoms with Crippen molar-refractivity contribution in [1.82, 2.24) is 4.98 Å². The molecule has 0 spiro atoms. The molecule has 0 saturated carbocycles. The smallest absolute Gasteiger partial charge is 0.419 e. The minimum absolute atomic E-state index is 0.0345. The summed E-state index contributed by atoms with van der Waals surface area (Å²) in [5, 5.41) is 0. The Morgan fingerprint density at radius 3 is 2.75 bits per heavy atom. The molecule has 0 aliphatic heterocycles. The topological polar surface area (TPSA) is 55.2 Å². The molecule has 1 aromatic heterocycles. The summed E-state index contributed by atoms with van der Waals surface area (Å²) < 4.78 is 49.4. The number of carbonyl (C=O) groups is 1. The van der Waals surface area contributed by atoms with E-state index in [1.54, 1.807) is 0 Å². The van der Waals surface area contributed by atoms with E-state index in [9.17, 15) is 18.0 Å². The monoisotopic (exact) mass is 369 g/mol. The van der Waals surface area contributed by atoms with Crippen LogP contribution in [0, 0.1) is 4.84 Å². The van der Waals surface area contributed by atoms with Gasteiger partial charge in [0.05, 0.1) is 27.7 Å². The maximum Gasteiger partial charge on any atom is 0.419 e. The molecule has 0 unspecified atom stereocenters. The number of H-pyrrole nitrogens is 1. The third-order valence-corrected chi connectivity index (χ3v) is 3.21. The summed E-state index contributed by atoms with van der Waals surface area (Å²) >= 11 is 7.73. The zero-order chi connectivity index (χ0) is 15.1. The van der Waals surface area contributed by atoms with Gasteiger partial charge in [-0.05, 0) is 41.1 Å². The number of rotatable bonds is 2. The lowest BCUT2D eigenvalue weighted by Gasteiger charge is -2.13. The van der Waals surface area contributed by atoms with Crippen LogP contribution in [0.15, 0.2) is 15.0 Å². The van der Waals surface area contributed by atoms with E-state index in [1.165, 1.54) is 6.92 Å². The number of aromatic amines is 1. The Hall–Kier alpha value is -1.35. The number of benzene rings is 1. The minimum atomic E-state index is -4.76. The molecule has 0 saturated heterocycles. The highest BCUT2D eigenvalue weighted by Crippen LogP contribution is 2.40. The van der Waals surface area contributed by atoms with E-state index in [4.69, 9.17) is 4.42 Å². The number of oxazole rings is 1. The normalized spacial score (nSPS) is 11.8. The van der Waals surface area contributed by atoms with Gasteiger partial charge in [0.15, 0.2) is 5.58 Å². The van der Waals surface area contributed by atoms with Gasteiger partial charge in [-0.1, -0.05) is 0 Å². The van der Waals surface area contributed by atoms with E-state index in [-0.39, 0.29) is 27.0 Å². The largest absolute Gasteiger partial charge is 0.462 e. The fourth-order valence-electron chi connectivity index (χ4n) is 1.74. The van der Waals surface area contributed by atoms with Crippen LogP contribution in [0.3, 0.4) is 0 Å². The molecule has 0 atom stereocenters. The van der Waals surface area contributed by atoms with Crippen LogP contribution >= 0.6 is 28.1 Å². The summed E-state index contributed by atoms with van der Waals surface area (Å²) in [5.41, 5.74) is -2.25. The highest BCUT2D eigenvalue weighted by molar-refractivity contribution is 9.10. The van der Waals surface area contributed by atoms with Crippen molar-refractivity contribution in [3.05, 3.63) is 26.5 Å². The van der Waals surface area contributed by atoms with Gasteiger partial charge >= 0.3 is 12.1 Å². The Morgan fingerprint density at radius 2 is 2.20 bits per heavy atom. The molecular weight excluding hydrogens is 363 g/mol. The molecule has 0 bridgehead atoms. The molecule has 108 valence electrons. The average Bonchev–Trinajstić information content (AvgIpc) is 2.69. The summed E-state index contributed by atoms with van der Waals surface area (Å²) in [7, 11) is 0. The molecule has 0 fully saturated rings. The van der Waals surface area contributed by atoms with Gasteiger partial charge in [0.2, 0.25) is 0 Å². The molecule has 4 nitrogen and oxygen atoms in total. The van der Waals surface area contributed by atoms with E-state index in [2.05, 4.69) is 37.9 Å². The number of esters is 1. The van der Waals surface area contributed by atoms with E-state index in [0.717, 1.165) is 6.07 Å². The first-order valence-electron chi connectivity index (χ1n) is 5.35. The van der Waals surface area contributed by atoms with Gasteiger partial charge in [-0.2, -0.15) is 13.2 Å². The van der Waals surface area contributed by atoms with Crippen molar-refractivity contribution < 1.29 is 27.1 Å². The van der Waals surface area contributed by atoms with Crippen molar-refractivity contribution in [3.8, 4) is 0 Å². The summed E-state index contributed by atoms with van der Waals surface area (Å²) in [6, 6.07) is 1.01. The average molecular weight is 370 g/mol. The van der Waals surface area contributed by atoms with Crippen molar-refractivity contribution in [3.63, 3.8) is 0 Å². The molecule has 0 aliphatic rings. The number of fused-ring (bicyclic) bond motifs is 1. The van der Waals surface area contributed by atoms with Crippen molar-refractivity contribution >= 4 is 45.2 Å². The fourth-order valence-corrected chi connectivity index (χ4v) is 2.43. The Labute approximate surface area is 124 Å². The third-order valence-electron chi connectivity index (χ3n) is 2.44. The van der Waals surface area contributed by atoms with Crippen LogP contribution in [-0.4, -0.2) is 17.6 Å². The van der Waals surface area contributed by atoms with E-state index < -0.39 is 23.3 Å². The number of nitrogens with one attached hydrogen (secondary N) is 1. The number of hydrogen-bond donors (Lipinski definition) is 1. The molecule has 2 aromatic rings. The predicted octanol–water partition coefficient (Wildman–Crippen LogP) is 4.45. The summed E-state index contributed by atoms with van der Waals surface area (Å²) in [5.74, 6) is -1.07. The third kappa shape index (κ3) is 2.59. The van der Waals surface area contributed by atoms with Gasteiger partial charge in [0.1, 0.15) is 0 Å². The lowest BCUT2D eigenvalue weighted by atomic mass is 10.1. The first-order chi connectivity index (χ1) is 9.25. The summed E-state index contributed by atoms with van der Waals surface area (Å²) in [4.78, 5) is 13.8. The van der Waals surface area contributed by atoms with Crippen LogP contribution in [0.4, 0.5) is 13.2 Å². The molecule has 1 N–H and O–H groups in total. The first kappa shape index (κ1) is 15.0. The predicted molar refractivity (Wildman–Crippen MR) is 70.1 cm³/mol. The summed E-state index contributed by atoms with van der Waals surface area (Å²) in [6.45, 7) is 1.47. The Morgan fingerprint density at radius 1 is 1.55 bits per heavy atom. The van der Waals surface area contributed by atoms with Gasteiger partial charge in [-0.15, -0.1) is 0 Å². The standard InChI is InChI=1S/C11H7BrF3NO3S/c1-2-18-9(17)4-3-5(12)8-7(16-10(20)19-8)6(4)11(13,14)15/h3H,2H2,1H3,(H,16,20). The zero-order valence-corrected chi connectivity index (χ0v) is 12.3. The van der Waals surface area contributed by atoms with Crippen LogP contribution in [0.2, 0.25) is 0 Å². The van der Waals surface area contributed by atoms with Gasteiger partial charge in [-0.3, -0.25) is 0 Å². The Bertz CT molecular complexity index is 735. The Balaban J connectivity index is 2.86. The molecule has 1 aromatic carbocycles. The molecular formula is C11H7BrF3NO3S. The van der Waals surface area contributed by atoms with Crippen LogP contribution in [0.5, 0.6) is 0 Å². The second-order valence-corrected chi connectivity index (χ2v) is 4.94. The lowest BCUT2D eigenvalue weighted by molar-refractivity contribution is -0.137. The number of carbonyl (C=O) groups excluding carboxylic acids is 1. The van der Waals surface area contributed by atoms with Crippen molar-refractivity contribution in [2.75, 3.05) is 6.61 Å². The molecule has 9 heteroatoms. The highest BCUT2D eigenvalue weighted by atomic mass is 79.9. The number of ether oxygens (including phenoxy) is 1. The number of alkyl halides is 3. The van der Waals surface area contributed by atoms with E-state index in [0.29, 0.717) is 0 Å². The molecule has 0 aliphatic carbocycles. The molecule has 2 rings (SSSR count). The fraction of sp³-hybridized carbons (Fsp3) is 0.273.